The Hall–Kier alpha value is -2.58. The number of alkyl halides is 3. The van der Waals surface area contributed by atoms with Crippen molar-refractivity contribution in [2.45, 2.75) is 45.8 Å². The van der Waals surface area contributed by atoms with Crippen molar-refractivity contribution in [1.82, 2.24) is 0 Å². The van der Waals surface area contributed by atoms with E-state index < -0.39 is 18.6 Å². The van der Waals surface area contributed by atoms with Crippen molar-refractivity contribution >= 4 is 20.7 Å². The summed E-state index contributed by atoms with van der Waals surface area (Å²) >= 11 is 0. The summed E-state index contributed by atoms with van der Waals surface area (Å²) in [5.41, 5.74) is 0. The average molecular weight is 508 g/mol. The van der Waals surface area contributed by atoms with Gasteiger partial charge >= 0.3 is 12.3 Å². The summed E-state index contributed by atoms with van der Waals surface area (Å²) in [4.78, 5) is 11.6. The number of methoxy groups -OCH3 is 2. The van der Waals surface area contributed by atoms with Crippen LogP contribution in [0.15, 0.2) is 42.5 Å². The van der Waals surface area contributed by atoms with Crippen LogP contribution in [0.1, 0.15) is 27.2 Å². The number of carbonyl (C=O) groups is 1. The van der Waals surface area contributed by atoms with Crippen LogP contribution in [0, 0.1) is 11.7 Å². The predicted molar refractivity (Wildman–Crippen MR) is 122 cm³/mol. The van der Waals surface area contributed by atoms with E-state index in [4.69, 9.17) is 23.7 Å². The minimum absolute atomic E-state index is 0.0961. The molecule has 0 amide bonds. The average Bonchev–Trinajstić information content (AvgIpc) is 3.06. The van der Waals surface area contributed by atoms with Crippen LogP contribution in [0.2, 0.25) is 0 Å². The molecule has 1 aliphatic heterocycles. The first-order valence-corrected chi connectivity index (χ1v) is 10.7. The van der Waals surface area contributed by atoms with Gasteiger partial charge in [-0.15, -0.1) is 9.24 Å². The van der Waals surface area contributed by atoms with Gasteiger partial charge in [-0.25, -0.2) is 9.18 Å². The highest BCUT2D eigenvalue weighted by atomic mass is 31.0. The van der Waals surface area contributed by atoms with Crippen LogP contribution < -0.4 is 19.5 Å². The first kappa shape index (κ1) is 29.5. The molecule has 11 heteroatoms. The Morgan fingerprint density at radius 1 is 1.03 bits per heavy atom. The van der Waals surface area contributed by atoms with Crippen molar-refractivity contribution in [2.24, 2.45) is 5.92 Å². The number of ether oxygens (including phenoxy) is 5. The molecule has 2 aromatic rings. The van der Waals surface area contributed by atoms with Crippen molar-refractivity contribution in [3.8, 4) is 17.2 Å². The fourth-order valence-electron chi connectivity index (χ4n) is 2.56. The second-order valence-corrected chi connectivity index (χ2v) is 7.90. The van der Waals surface area contributed by atoms with E-state index in [1.807, 2.05) is 6.92 Å². The second kappa shape index (κ2) is 14.0. The number of benzene rings is 2. The van der Waals surface area contributed by atoms with Gasteiger partial charge in [-0.3, -0.25) is 0 Å². The smallest absolute Gasteiger partial charge is 0.497 e. The van der Waals surface area contributed by atoms with Crippen molar-refractivity contribution in [3.63, 3.8) is 0 Å². The number of hydrogen-bond acceptors (Lipinski definition) is 6. The van der Waals surface area contributed by atoms with Crippen LogP contribution in [0.4, 0.5) is 22.4 Å². The quantitative estimate of drug-likeness (QED) is 0.222. The number of rotatable bonds is 4. The normalized spacial score (nSPS) is 19.1. The summed E-state index contributed by atoms with van der Waals surface area (Å²) in [6.45, 7) is 4.21. The zero-order chi connectivity index (χ0) is 25.9. The van der Waals surface area contributed by atoms with E-state index in [1.165, 1.54) is 7.11 Å². The molecule has 1 heterocycles. The summed E-state index contributed by atoms with van der Waals surface area (Å²) in [7, 11) is 5.32. The zero-order valence-electron chi connectivity index (χ0n) is 19.5. The molecule has 1 aliphatic rings. The summed E-state index contributed by atoms with van der Waals surface area (Å²) in [5.74, 6) is 1.45. The second-order valence-electron chi connectivity index (χ2n) is 7.27. The van der Waals surface area contributed by atoms with E-state index in [2.05, 4.69) is 16.2 Å². The fraction of sp³-hybridized carbons (Fsp3) is 0.435. The maximum absolute atomic E-state index is 12.9. The molecule has 1 fully saturated rings. The minimum atomic E-state index is -4.00. The van der Waals surface area contributed by atoms with Crippen LogP contribution in [-0.4, -0.2) is 38.9 Å². The van der Waals surface area contributed by atoms with E-state index in [1.54, 1.807) is 49.6 Å². The van der Waals surface area contributed by atoms with Crippen molar-refractivity contribution in [1.29, 1.82) is 0 Å². The van der Waals surface area contributed by atoms with Crippen LogP contribution in [-0.2, 0) is 9.47 Å². The maximum atomic E-state index is 12.9. The Balaban J connectivity index is 0.000000321. The molecule has 0 bridgehead atoms. The SMILES string of the molecule is CC(F)(F)F.COc1ccc(OC(=O)OC2C[C@H](C)C(C)O2)cc1.COc1cccc(P)c1F. The minimum Gasteiger partial charge on any atom is -0.497 e. The van der Waals surface area contributed by atoms with Gasteiger partial charge in [0.05, 0.1) is 20.3 Å². The lowest BCUT2D eigenvalue weighted by Gasteiger charge is -2.12. The lowest BCUT2D eigenvalue weighted by atomic mass is 10.1. The molecule has 190 valence electrons. The molecule has 1 saturated heterocycles. The lowest BCUT2D eigenvalue weighted by molar-refractivity contribution is -0.110. The topological polar surface area (TPSA) is 63.2 Å². The van der Waals surface area contributed by atoms with Crippen LogP contribution in [0.25, 0.3) is 0 Å². The summed E-state index contributed by atoms with van der Waals surface area (Å²) in [6, 6.07) is 11.7. The molecule has 34 heavy (non-hydrogen) atoms. The van der Waals surface area contributed by atoms with Gasteiger partial charge in [-0.2, -0.15) is 13.2 Å². The van der Waals surface area contributed by atoms with E-state index in [0.717, 1.165) is 0 Å². The van der Waals surface area contributed by atoms with E-state index >= 15 is 0 Å². The van der Waals surface area contributed by atoms with Gasteiger partial charge in [-0.05, 0) is 43.2 Å². The fourth-order valence-corrected chi connectivity index (χ4v) is 2.81. The molecule has 0 radical (unpaired) electrons. The maximum Gasteiger partial charge on any atom is 0.516 e. The Morgan fingerprint density at radius 3 is 2.03 bits per heavy atom. The molecule has 0 spiro atoms. The van der Waals surface area contributed by atoms with E-state index in [9.17, 15) is 22.4 Å². The molecular weight excluding hydrogens is 479 g/mol. The van der Waals surface area contributed by atoms with Gasteiger partial charge in [0.1, 0.15) is 11.5 Å². The third-order valence-electron chi connectivity index (χ3n) is 4.43. The largest absolute Gasteiger partial charge is 0.516 e. The highest BCUT2D eigenvalue weighted by molar-refractivity contribution is 7.27. The molecule has 6 nitrogen and oxygen atoms in total. The summed E-state index contributed by atoms with van der Waals surface area (Å²) < 4.78 is 69.3. The van der Waals surface area contributed by atoms with Gasteiger partial charge in [0.2, 0.25) is 6.29 Å². The van der Waals surface area contributed by atoms with Crippen LogP contribution >= 0.6 is 9.24 Å². The predicted octanol–water partition coefficient (Wildman–Crippen LogP) is 5.88. The van der Waals surface area contributed by atoms with Crippen LogP contribution in [0.5, 0.6) is 17.2 Å². The summed E-state index contributed by atoms with van der Waals surface area (Å²) in [5, 5.41) is 0.527. The van der Waals surface area contributed by atoms with Crippen molar-refractivity contribution in [2.75, 3.05) is 14.2 Å². The Bertz CT molecular complexity index is 876. The monoisotopic (exact) mass is 508 g/mol. The lowest BCUT2D eigenvalue weighted by Crippen LogP contribution is -2.20. The number of carbonyl (C=O) groups excluding carboxylic acids is 1. The van der Waals surface area contributed by atoms with E-state index in [-0.39, 0.29) is 24.6 Å². The molecular formula is C23H29F4O6P. The van der Waals surface area contributed by atoms with Gasteiger partial charge in [0.25, 0.3) is 0 Å². The van der Waals surface area contributed by atoms with Crippen molar-refractivity contribution < 1.29 is 46.0 Å². The molecule has 4 atom stereocenters. The summed E-state index contributed by atoms with van der Waals surface area (Å²) in [6.07, 6.45) is -4.48. The van der Waals surface area contributed by atoms with Crippen LogP contribution in [0.3, 0.4) is 0 Å². The molecule has 0 N–H and O–H groups in total. The highest BCUT2D eigenvalue weighted by Gasteiger charge is 2.32. The first-order chi connectivity index (χ1) is 15.8. The molecule has 0 saturated carbocycles. The molecule has 3 unspecified atom stereocenters. The standard InChI is InChI=1S/C14H18O5.C7H8FOP.C2H3F3/c1-9-8-13(17-10(9)2)19-14(15)18-12-6-4-11(16-3)5-7-12;1-9-5-3-2-4-6(10)7(5)8;1-2(3,4)5/h4-7,9-10,13H,8H2,1-3H3;2-4H,10H2,1H3;1H3/t9-,10?,13?;;/m0../s1. The van der Waals surface area contributed by atoms with Gasteiger partial charge in [0.15, 0.2) is 11.6 Å². The Kier molecular flexibility index (Phi) is 12.1. The number of hydrogen-bond donors (Lipinski definition) is 0. The Labute approximate surface area is 198 Å². The highest BCUT2D eigenvalue weighted by Crippen LogP contribution is 2.27. The third kappa shape index (κ3) is 11.5. The van der Waals surface area contributed by atoms with E-state index in [0.29, 0.717) is 29.1 Å². The van der Waals surface area contributed by atoms with Gasteiger partial charge in [-0.1, -0.05) is 19.1 Å². The zero-order valence-corrected chi connectivity index (χ0v) is 20.7. The molecule has 2 aromatic carbocycles. The molecule has 0 aliphatic carbocycles. The first-order valence-electron chi connectivity index (χ1n) is 10.2. The van der Waals surface area contributed by atoms with Gasteiger partial charge < -0.3 is 23.7 Å². The number of halogens is 4. The molecule has 0 aromatic heterocycles. The van der Waals surface area contributed by atoms with Gasteiger partial charge in [0, 0.05) is 18.6 Å². The van der Waals surface area contributed by atoms with Crippen molar-refractivity contribution in [3.05, 3.63) is 48.3 Å². The molecule has 3 rings (SSSR count). The third-order valence-corrected chi connectivity index (χ3v) is 4.88. The Morgan fingerprint density at radius 2 is 1.59 bits per heavy atom.